The molecular formula is C28H44ClN3O4. The zero-order valence-corrected chi connectivity index (χ0v) is 23.0. The lowest BCUT2D eigenvalue weighted by Crippen LogP contribution is -2.73. The average Bonchev–Trinajstić information content (AvgIpc) is 2.85. The van der Waals surface area contributed by atoms with E-state index in [2.05, 4.69) is 55.3 Å². The van der Waals surface area contributed by atoms with E-state index in [1.807, 2.05) is 4.90 Å². The molecule has 1 spiro atoms. The number of likely N-dealkylation sites (tertiary alicyclic amines) is 1. The molecule has 3 saturated heterocycles. The van der Waals surface area contributed by atoms with Gasteiger partial charge < -0.3 is 19.7 Å². The van der Waals surface area contributed by atoms with Crippen LogP contribution >= 0.6 is 12.4 Å². The summed E-state index contributed by atoms with van der Waals surface area (Å²) in [4.78, 5) is 31.2. The first-order valence-electron chi connectivity index (χ1n) is 13.6. The molecule has 3 aliphatic rings. The summed E-state index contributed by atoms with van der Waals surface area (Å²) in [6, 6.07) is 8.01. The highest BCUT2D eigenvalue weighted by Gasteiger charge is 2.53. The Morgan fingerprint density at radius 1 is 1.11 bits per heavy atom. The number of benzene rings is 1. The van der Waals surface area contributed by atoms with E-state index in [1.165, 1.54) is 5.56 Å². The Morgan fingerprint density at radius 3 is 2.39 bits per heavy atom. The van der Waals surface area contributed by atoms with Crippen LogP contribution in [0.5, 0.6) is 5.75 Å². The van der Waals surface area contributed by atoms with Crippen LogP contribution in [0.4, 0.5) is 0 Å². The zero-order chi connectivity index (χ0) is 24.8. The Bertz CT molecular complexity index is 849. The van der Waals surface area contributed by atoms with Gasteiger partial charge in [0.1, 0.15) is 23.4 Å². The molecule has 1 aromatic carbocycles. The molecule has 0 unspecified atom stereocenters. The summed E-state index contributed by atoms with van der Waals surface area (Å²) in [5, 5.41) is 3.10. The van der Waals surface area contributed by atoms with E-state index in [1.54, 1.807) is 0 Å². The van der Waals surface area contributed by atoms with Gasteiger partial charge in [-0.25, -0.2) is 0 Å². The number of nitrogens with one attached hydrogen (secondary N) is 1. The lowest BCUT2D eigenvalue weighted by molar-refractivity contribution is -0.161. The average molecular weight is 522 g/mol. The molecule has 4 rings (SSSR count). The number of piperidine rings is 1. The zero-order valence-electron chi connectivity index (χ0n) is 22.2. The number of unbranched alkanes of at least 4 members (excludes halogenated alkanes) is 1. The van der Waals surface area contributed by atoms with Gasteiger partial charge in [-0.1, -0.05) is 39.3 Å². The maximum Gasteiger partial charge on any atom is 0.246 e. The second-order valence-electron chi connectivity index (χ2n) is 10.9. The van der Waals surface area contributed by atoms with Gasteiger partial charge in [0, 0.05) is 39.0 Å². The molecule has 202 valence electrons. The molecule has 36 heavy (non-hydrogen) atoms. The van der Waals surface area contributed by atoms with Crippen molar-refractivity contribution in [1.29, 1.82) is 0 Å². The van der Waals surface area contributed by atoms with E-state index in [4.69, 9.17) is 9.47 Å². The standard InChI is InChI=1S/C28H43N3O4.ClH/c1-4-5-14-31-26(32)25(19-21(2)3)29-27(33)28(31)12-15-30(16-13-28)20-22-6-8-23(9-7-22)35-24-10-17-34-18-11-24;/h6-9,21,24-25H,4-5,10-20H2,1-3H3,(H,29,33);1H/t25-;/m0./s1. The fraction of sp³-hybridized carbons (Fsp3) is 0.714. The Balaban J connectivity index is 0.00000361. The van der Waals surface area contributed by atoms with Crippen LogP contribution in [0.3, 0.4) is 0 Å². The molecule has 3 heterocycles. The molecule has 0 aliphatic carbocycles. The number of piperazine rings is 1. The van der Waals surface area contributed by atoms with Gasteiger partial charge in [0.15, 0.2) is 0 Å². The van der Waals surface area contributed by atoms with E-state index in [9.17, 15) is 9.59 Å². The first-order chi connectivity index (χ1) is 16.9. The minimum absolute atomic E-state index is 0. The van der Waals surface area contributed by atoms with E-state index in [0.717, 1.165) is 64.3 Å². The number of nitrogens with zero attached hydrogens (tertiary/aromatic N) is 2. The number of hydrogen-bond acceptors (Lipinski definition) is 5. The van der Waals surface area contributed by atoms with Gasteiger partial charge in [-0.05, 0) is 49.3 Å². The number of carbonyl (C=O) groups excluding carboxylic acids is 2. The summed E-state index contributed by atoms with van der Waals surface area (Å²) in [7, 11) is 0. The molecule has 1 N–H and O–H groups in total. The van der Waals surface area contributed by atoms with Crippen molar-refractivity contribution in [2.75, 3.05) is 32.8 Å². The quantitative estimate of drug-likeness (QED) is 0.528. The van der Waals surface area contributed by atoms with E-state index in [-0.39, 0.29) is 36.4 Å². The molecule has 1 aromatic rings. The molecule has 0 aromatic heterocycles. The lowest BCUT2D eigenvalue weighted by Gasteiger charge is -2.52. The number of hydrogen-bond donors (Lipinski definition) is 1. The Hall–Kier alpha value is -1.83. The third-order valence-electron chi connectivity index (χ3n) is 7.74. The molecule has 2 amide bonds. The largest absolute Gasteiger partial charge is 0.490 e. The minimum Gasteiger partial charge on any atom is -0.490 e. The van der Waals surface area contributed by atoms with Crippen LogP contribution in [0.25, 0.3) is 0 Å². The van der Waals surface area contributed by atoms with Gasteiger partial charge in [-0.15, -0.1) is 12.4 Å². The first kappa shape index (κ1) is 28.7. The van der Waals surface area contributed by atoms with E-state index >= 15 is 0 Å². The monoisotopic (exact) mass is 521 g/mol. The number of carbonyl (C=O) groups is 2. The summed E-state index contributed by atoms with van der Waals surface area (Å²) in [5.74, 6) is 1.44. The number of amides is 2. The first-order valence-corrected chi connectivity index (χ1v) is 13.6. The van der Waals surface area contributed by atoms with Gasteiger partial charge in [-0.3, -0.25) is 14.5 Å². The number of rotatable bonds is 9. The smallest absolute Gasteiger partial charge is 0.246 e. The van der Waals surface area contributed by atoms with Crippen molar-refractivity contribution in [1.82, 2.24) is 15.1 Å². The van der Waals surface area contributed by atoms with Gasteiger partial charge >= 0.3 is 0 Å². The van der Waals surface area contributed by atoms with Crippen molar-refractivity contribution in [3.05, 3.63) is 29.8 Å². The molecule has 1 atom stereocenters. The SMILES string of the molecule is CCCCN1C(=O)[C@H](CC(C)C)NC(=O)C12CCN(Cc1ccc(OC3CCOCC3)cc1)CC2.Cl. The molecule has 0 bridgehead atoms. The van der Waals surface area contributed by atoms with Crippen LogP contribution in [0.1, 0.15) is 71.3 Å². The molecule has 3 fully saturated rings. The fourth-order valence-electron chi connectivity index (χ4n) is 5.64. The van der Waals surface area contributed by atoms with Crippen LogP contribution in [-0.4, -0.2) is 72.1 Å². The van der Waals surface area contributed by atoms with Crippen molar-refractivity contribution in [2.24, 2.45) is 5.92 Å². The van der Waals surface area contributed by atoms with Crippen LogP contribution < -0.4 is 10.1 Å². The third kappa shape index (κ3) is 6.73. The Morgan fingerprint density at radius 2 is 1.78 bits per heavy atom. The summed E-state index contributed by atoms with van der Waals surface area (Å²) in [6.07, 6.45) is 6.15. The molecule has 0 radical (unpaired) electrons. The summed E-state index contributed by atoms with van der Waals surface area (Å²) in [5.41, 5.74) is 0.543. The van der Waals surface area contributed by atoms with Crippen LogP contribution in [0, 0.1) is 5.92 Å². The summed E-state index contributed by atoms with van der Waals surface area (Å²) < 4.78 is 11.5. The van der Waals surface area contributed by atoms with E-state index in [0.29, 0.717) is 31.7 Å². The normalized spacial score (nSPS) is 23.0. The van der Waals surface area contributed by atoms with Crippen molar-refractivity contribution in [3.63, 3.8) is 0 Å². The molecule has 0 saturated carbocycles. The van der Waals surface area contributed by atoms with Gasteiger partial charge in [-0.2, -0.15) is 0 Å². The molecule has 7 nitrogen and oxygen atoms in total. The molecular weight excluding hydrogens is 478 g/mol. The second kappa shape index (κ2) is 13.1. The predicted molar refractivity (Wildman–Crippen MR) is 143 cm³/mol. The fourth-order valence-corrected chi connectivity index (χ4v) is 5.64. The highest BCUT2D eigenvalue weighted by molar-refractivity contribution is 6.00. The van der Waals surface area contributed by atoms with Crippen LogP contribution in [0.2, 0.25) is 0 Å². The highest BCUT2D eigenvalue weighted by Crippen LogP contribution is 2.35. The van der Waals surface area contributed by atoms with Crippen LogP contribution in [-0.2, 0) is 20.9 Å². The topological polar surface area (TPSA) is 71.1 Å². The maximum atomic E-state index is 13.4. The Labute approximate surface area is 222 Å². The summed E-state index contributed by atoms with van der Waals surface area (Å²) >= 11 is 0. The van der Waals surface area contributed by atoms with Gasteiger partial charge in [0.2, 0.25) is 11.8 Å². The van der Waals surface area contributed by atoms with Crippen molar-refractivity contribution in [2.45, 2.75) is 89.9 Å². The number of ether oxygens (including phenoxy) is 2. The maximum absolute atomic E-state index is 13.4. The lowest BCUT2D eigenvalue weighted by atomic mass is 9.80. The molecule has 8 heteroatoms. The predicted octanol–water partition coefficient (Wildman–Crippen LogP) is 4.17. The van der Waals surface area contributed by atoms with Gasteiger partial charge in [0.25, 0.3) is 0 Å². The highest BCUT2D eigenvalue weighted by atomic mass is 35.5. The summed E-state index contributed by atoms with van der Waals surface area (Å²) in [6.45, 7) is 11.0. The second-order valence-corrected chi connectivity index (χ2v) is 10.9. The minimum atomic E-state index is -0.697. The van der Waals surface area contributed by atoms with Crippen molar-refractivity contribution >= 4 is 24.2 Å². The van der Waals surface area contributed by atoms with Crippen molar-refractivity contribution in [3.8, 4) is 5.75 Å². The Kier molecular flexibility index (Phi) is 10.5. The molecule has 3 aliphatic heterocycles. The van der Waals surface area contributed by atoms with Crippen molar-refractivity contribution < 1.29 is 19.1 Å². The van der Waals surface area contributed by atoms with Gasteiger partial charge in [0.05, 0.1) is 13.2 Å². The van der Waals surface area contributed by atoms with Crippen LogP contribution in [0.15, 0.2) is 24.3 Å². The van der Waals surface area contributed by atoms with E-state index < -0.39 is 5.54 Å². The number of halogens is 1. The third-order valence-corrected chi connectivity index (χ3v) is 7.74.